The molecule has 0 N–H and O–H groups in total. The molecular formula is C9H20NO2PS. The van der Waals surface area contributed by atoms with Crippen molar-refractivity contribution >= 4 is 18.1 Å². The van der Waals surface area contributed by atoms with Gasteiger partial charge >= 0.3 is 6.72 Å². The normalized spacial score (nSPS) is 29.1. The third kappa shape index (κ3) is 2.75. The van der Waals surface area contributed by atoms with Crippen LogP contribution in [0.2, 0.25) is 0 Å². The summed E-state index contributed by atoms with van der Waals surface area (Å²) in [5, 5.41) is 0. The average Bonchev–Trinajstić information content (AvgIpc) is 2.02. The van der Waals surface area contributed by atoms with Crippen molar-refractivity contribution in [1.29, 1.82) is 0 Å². The van der Waals surface area contributed by atoms with Gasteiger partial charge in [0.05, 0.1) is 6.61 Å². The molecule has 0 saturated carbocycles. The van der Waals surface area contributed by atoms with E-state index in [-0.39, 0.29) is 12.1 Å². The highest BCUT2D eigenvalue weighted by Crippen LogP contribution is 2.65. The van der Waals surface area contributed by atoms with Gasteiger partial charge in [-0.15, -0.1) is 0 Å². The maximum absolute atomic E-state index is 12.5. The quantitative estimate of drug-likeness (QED) is 0.704. The molecular weight excluding hydrogens is 217 g/mol. The summed E-state index contributed by atoms with van der Waals surface area (Å²) in [6, 6.07) is 0.540. The molecule has 0 aliphatic carbocycles. The zero-order valence-electron chi connectivity index (χ0n) is 9.40. The predicted octanol–water partition coefficient (Wildman–Crippen LogP) is 3.37. The highest BCUT2D eigenvalue weighted by molar-refractivity contribution is 8.55. The van der Waals surface area contributed by atoms with Crippen LogP contribution < -0.4 is 0 Å². The van der Waals surface area contributed by atoms with E-state index in [4.69, 9.17) is 4.52 Å². The van der Waals surface area contributed by atoms with E-state index in [2.05, 4.69) is 27.7 Å². The lowest BCUT2D eigenvalue weighted by atomic mass is 10.3. The first-order valence-electron chi connectivity index (χ1n) is 5.15. The Bertz CT molecular complexity index is 215. The van der Waals surface area contributed by atoms with Gasteiger partial charge in [0, 0.05) is 17.8 Å². The van der Waals surface area contributed by atoms with Crippen molar-refractivity contribution in [3.8, 4) is 0 Å². The van der Waals surface area contributed by atoms with Crippen LogP contribution in [-0.2, 0) is 9.09 Å². The standard InChI is InChI=1S/C9H20NO2PS/c1-8(2)10(9(3)4)13(11)12-6-5-7-14-13/h8-9H,5-7H2,1-4H3. The maximum Gasteiger partial charge on any atom is 0.329 e. The second-order valence-electron chi connectivity index (χ2n) is 4.06. The molecule has 1 saturated heterocycles. The zero-order valence-corrected chi connectivity index (χ0v) is 11.1. The van der Waals surface area contributed by atoms with Crippen molar-refractivity contribution in [2.24, 2.45) is 0 Å². The minimum absolute atomic E-state index is 0.270. The number of hydrogen-bond donors (Lipinski definition) is 0. The van der Waals surface area contributed by atoms with Gasteiger partial charge in [-0.1, -0.05) is 11.4 Å². The van der Waals surface area contributed by atoms with Gasteiger partial charge in [-0.2, -0.15) is 0 Å². The van der Waals surface area contributed by atoms with Crippen molar-refractivity contribution in [3.63, 3.8) is 0 Å². The van der Waals surface area contributed by atoms with Gasteiger partial charge in [0.1, 0.15) is 0 Å². The van der Waals surface area contributed by atoms with Crippen LogP contribution in [0.15, 0.2) is 0 Å². The van der Waals surface area contributed by atoms with Gasteiger partial charge in [0.15, 0.2) is 0 Å². The Hall–Kier alpha value is 0.500. The Morgan fingerprint density at radius 1 is 1.29 bits per heavy atom. The molecule has 1 heterocycles. The summed E-state index contributed by atoms with van der Waals surface area (Å²) >= 11 is 1.49. The molecule has 1 atom stereocenters. The van der Waals surface area contributed by atoms with E-state index in [0.717, 1.165) is 12.2 Å². The van der Waals surface area contributed by atoms with Crippen molar-refractivity contribution in [3.05, 3.63) is 0 Å². The molecule has 5 heteroatoms. The lowest BCUT2D eigenvalue weighted by molar-refractivity contribution is 0.226. The predicted molar refractivity (Wildman–Crippen MR) is 62.7 cm³/mol. The largest absolute Gasteiger partial charge is 0.329 e. The molecule has 1 fully saturated rings. The van der Waals surface area contributed by atoms with Gasteiger partial charge in [-0.3, -0.25) is 4.57 Å². The summed E-state index contributed by atoms with van der Waals surface area (Å²) in [6.45, 7) is 6.32. The fourth-order valence-corrected chi connectivity index (χ4v) is 7.12. The van der Waals surface area contributed by atoms with Gasteiger partial charge in [-0.05, 0) is 34.1 Å². The number of rotatable bonds is 3. The van der Waals surface area contributed by atoms with Crippen LogP contribution in [0.4, 0.5) is 0 Å². The minimum Gasteiger partial charge on any atom is -0.310 e. The van der Waals surface area contributed by atoms with Crippen LogP contribution in [-0.4, -0.2) is 29.1 Å². The highest BCUT2D eigenvalue weighted by Gasteiger charge is 2.38. The molecule has 0 aromatic carbocycles. The first-order chi connectivity index (χ1) is 6.47. The Labute approximate surface area is 90.8 Å². The van der Waals surface area contributed by atoms with Crippen molar-refractivity contribution in [2.75, 3.05) is 12.4 Å². The van der Waals surface area contributed by atoms with Crippen LogP contribution >= 0.6 is 18.1 Å². The van der Waals surface area contributed by atoms with E-state index >= 15 is 0 Å². The molecule has 1 rings (SSSR count). The molecule has 84 valence electrons. The molecule has 0 radical (unpaired) electrons. The first-order valence-corrected chi connectivity index (χ1v) is 8.32. The third-order valence-electron chi connectivity index (χ3n) is 2.14. The van der Waals surface area contributed by atoms with E-state index in [0.29, 0.717) is 6.61 Å². The smallest absolute Gasteiger partial charge is 0.310 e. The number of hydrogen-bond acceptors (Lipinski definition) is 3. The molecule has 14 heavy (non-hydrogen) atoms. The third-order valence-corrected chi connectivity index (χ3v) is 7.34. The van der Waals surface area contributed by atoms with Crippen molar-refractivity contribution in [1.82, 2.24) is 4.67 Å². The summed E-state index contributed by atoms with van der Waals surface area (Å²) in [5.74, 6) is 0.952. The molecule has 0 aromatic heterocycles. The number of nitrogens with zero attached hydrogens (tertiary/aromatic N) is 1. The Kier molecular flexibility index (Phi) is 4.51. The van der Waals surface area contributed by atoms with E-state index in [1.54, 1.807) is 0 Å². The molecule has 1 aliphatic rings. The second kappa shape index (κ2) is 5.02. The summed E-state index contributed by atoms with van der Waals surface area (Å²) in [6.07, 6.45) is 1.01. The van der Waals surface area contributed by atoms with Crippen molar-refractivity contribution < 1.29 is 9.09 Å². The van der Waals surface area contributed by atoms with Gasteiger partial charge in [-0.25, -0.2) is 4.67 Å². The molecule has 1 aliphatic heterocycles. The van der Waals surface area contributed by atoms with E-state index in [1.165, 1.54) is 11.4 Å². The lowest BCUT2D eigenvalue weighted by Crippen LogP contribution is -2.34. The Morgan fingerprint density at radius 2 is 1.86 bits per heavy atom. The average molecular weight is 237 g/mol. The highest BCUT2D eigenvalue weighted by atomic mass is 32.7. The Balaban J connectivity index is 2.80. The molecule has 3 nitrogen and oxygen atoms in total. The molecule has 0 aromatic rings. The van der Waals surface area contributed by atoms with E-state index < -0.39 is 6.72 Å². The van der Waals surface area contributed by atoms with Crippen LogP contribution in [0.25, 0.3) is 0 Å². The topological polar surface area (TPSA) is 29.5 Å². The Morgan fingerprint density at radius 3 is 2.21 bits per heavy atom. The van der Waals surface area contributed by atoms with Gasteiger partial charge in [0.2, 0.25) is 0 Å². The monoisotopic (exact) mass is 237 g/mol. The van der Waals surface area contributed by atoms with Gasteiger partial charge in [0.25, 0.3) is 0 Å². The summed E-state index contributed by atoms with van der Waals surface area (Å²) < 4.78 is 20.0. The van der Waals surface area contributed by atoms with E-state index in [9.17, 15) is 4.57 Å². The zero-order chi connectivity index (χ0) is 10.8. The lowest BCUT2D eigenvalue weighted by Gasteiger charge is -2.37. The molecule has 0 bridgehead atoms. The molecule has 1 unspecified atom stereocenters. The fourth-order valence-electron chi connectivity index (χ4n) is 1.75. The van der Waals surface area contributed by atoms with Crippen LogP contribution in [0, 0.1) is 0 Å². The fraction of sp³-hybridized carbons (Fsp3) is 1.00. The van der Waals surface area contributed by atoms with Crippen LogP contribution in [0.1, 0.15) is 34.1 Å². The van der Waals surface area contributed by atoms with Crippen LogP contribution in [0.3, 0.4) is 0 Å². The maximum atomic E-state index is 12.5. The molecule has 0 amide bonds. The summed E-state index contributed by atoms with van der Waals surface area (Å²) in [7, 11) is 0. The van der Waals surface area contributed by atoms with Crippen LogP contribution in [0.5, 0.6) is 0 Å². The van der Waals surface area contributed by atoms with Crippen molar-refractivity contribution in [2.45, 2.75) is 46.2 Å². The molecule has 0 spiro atoms. The SMILES string of the molecule is CC(C)N(C(C)C)P1(=O)OCCCS1. The summed E-state index contributed by atoms with van der Waals surface area (Å²) in [5.41, 5.74) is 0. The van der Waals surface area contributed by atoms with Gasteiger partial charge < -0.3 is 4.52 Å². The van der Waals surface area contributed by atoms with E-state index in [1.807, 2.05) is 4.67 Å². The minimum atomic E-state index is -2.59. The second-order valence-corrected chi connectivity index (χ2v) is 8.54. The first kappa shape index (κ1) is 12.6. The summed E-state index contributed by atoms with van der Waals surface area (Å²) in [4.78, 5) is 0.